The van der Waals surface area contributed by atoms with Gasteiger partial charge >= 0.3 is 5.97 Å². The molecule has 28 heavy (non-hydrogen) atoms. The third-order valence-corrected chi connectivity index (χ3v) is 6.48. The highest BCUT2D eigenvalue weighted by Gasteiger charge is 2.36. The number of hydrogen-bond donors (Lipinski definition) is 1. The van der Waals surface area contributed by atoms with Crippen molar-refractivity contribution in [3.8, 4) is 0 Å². The van der Waals surface area contributed by atoms with Gasteiger partial charge in [-0.1, -0.05) is 136 Å². The minimum atomic E-state index is -0.511. The maximum atomic E-state index is 12.3. The molecule has 0 spiro atoms. The third-order valence-electron chi connectivity index (χ3n) is 6.48. The average molecular weight is 397 g/mol. The molecule has 0 aliphatic heterocycles. The average Bonchev–Trinajstić information content (AvgIpc) is 2.69. The van der Waals surface area contributed by atoms with Crippen LogP contribution in [0.1, 0.15) is 156 Å². The van der Waals surface area contributed by atoms with Crippen LogP contribution in [-0.2, 0) is 4.79 Å². The van der Waals surface area contributed by atoms with E-state index in [-0.39, 0.29) is 0 Å². The summed E-state index contributed by atoms with van der Waals surface area (Å²) in [5.41, 5.74) is -0.444. The van der Waals surface area contributed by atoms with E-state index in [1.54, 1.807) is 0 Å². The van der Waals surface area contributed by atoms with E-state index in [0.29, 0.717) is 0 Å². The Kier molecular flexibility index (Phi) is 19.4. The molecule has 0 atom stereocenters. The second-order valence-corrected chi connectivity index (χ2v) is 9.14. The number of carbonyl (C=O) groups is 1. The molecule has 0 saturated heterocycles. The number of carboxylic acids is 1. The normalized spacial score (nSPS) is 11.8. The molecule has 0 radical (unpaired) electrons. The van der Waals surface area contributed by atoms with Gasteiger partial charge in [-0.15, -0.1) is 0 Å². The summed E-state index contributed by atoms with van der Waals surface area (Å²) >= 11 is 0. The molecule has 0 aromatic rings. The first-order valence-electron chi connectivity index (χ1n) is 12.9. The molecule has 0 heterocycles. The second kappa shape index (κ2) is 19.8. The first-order valence-corrected chi connectivity index (χ1v) is 12.9. The molecule has 0 unspecified atom stereocenters. The van der Waals surface area contributed by atoms with Gasteiger partial charge in [0.05, 0.1) is 5.41 Å². The lowest BCUT2D eigenvalue weighted by Crippen LogP contribution is -2.31. The topological polar surface area (TPSA) is 37.3 Å². The van der Waals surface area contributed by atoms with Gasteiger partial charge in [0, 0.05) is 0 Å². The minimum Gasteiger partial charge on any atom is -0.481 e. The number of rotatable bonds is 22. The Morgan fingerprint density at radius 1 is 0.500 bits per heavy atom. The standard InChI is InChI=1S/C26H52O2/c1-4-7-10-13-16-19-22-26(25(27)28,23-20-17-14-11-8-5-2)24-21-18-15-12-9-6-3/h4-24H2,1-3H3,(H,27,28). The molecule has 0 aromatic carbocycles. The molecule has 0 saturated carbocycles. The fourth-order valence-corrected chi connectivity index (χ4v) is 4.43. The molecule has 168 valence electrons. The lowest BCUT2D eigenvalue weighted by Gasteiger charge is -2.30. The summed E-state index contributed by atoms with van der Waals surface area (Å²) in [6.07, 6.45) is 25.2. The summed E-state index contributed by atoms with van der Waals surface area (Å²) < 4.78 is 0. The Bertz CT molecular complexity index is 297. The lowest BCUT2D eigenvalue weighted by molar-refractivity contribution is -0.150. The number of unbranched alkanes of at least 4 members (excludes halogenated alkanes) is 15. The van der Waals surface area contributed by atoms with Gasteiger partial charge in [-0.05, 0) is 19.3 Å². The first-order chi connectivity index (χ1) is 13.6. The van der Waals surface area contributed by atoms with Gasteiger partial charge in [0.2, 0.25) is 0 Å². The van der Waals surface area contributed by atoms with Crippen LogP contribution in [0.2, 0.25) is 0 Å². The van der Waals surface area contributed by atoms with Gasteiger partial charge < -0.3 is 5.11 Å². The molecule has 0 aliphatic carbocycles. The summed E-state index contributed by atoms with van der Waals surface area (Å²) in [4.78, 5) is 12.3. The maximum absolute atomic E-state index is 12.3. The lowest BCUT2D eigenvalue weighted by atomic mass is 9.74. The number of carboxylic acid groups (broad SMARTS) is 1. The van der Waals surface area contributed by atoms with Crippen LogP contribution in [-0.4, -0.2) is 11.1 Å². The second-order valence-electron chi connectivity index (χ2n) is 9.14. The van der Waals surface area contributed by atoms with E-state index in [1.807, 2.05) is 0 Å². The number of aliphatic carboxylic acids is 1. The fourth-order valence-electron chi connectivity index (χ4n) is 4.43. The summed E-state index contributed by atoms with van der Waals surface area (Å²) in [6, 6.07) is 0. The first kappa shape index (κ1) is 27.5. The van der Waals surface area contributed by atoms with Crippen molar-refractivity contribution in [2.75, 3.05) is 0 Å². The van der Waals surface area contributed by atoms with Crippen molar-refractivity contribution in [3.05, 3.63) is 0 Å². The molecular formula is C26H52O2. The summed E-state index contributed by atoms with van der Waals surface area (Å²) in [5.74, 6) is -0.511. The zero-order valence-electron chi connectivity index (χ0n) is 19.7. The Labute approximate surface area is 177 Å². The van der Waals surface area contributed by atoms with E-state index >= 15 is 0 Å². The Hall–Kier alpha value is -0.530. The Morgan fingerprint density at radius 3 is 1.00 bits per heavy atom. The van der Waals surface area contributed by atoms with Crippen LogP contribution >= 0.6 is 0 Å². The van der Waals surface area contributed by atoms with E-state index < -0.39 is 11.4 Å². The predicted octanol–water partition coefficient (Wildman–Crippen LogP) is 9.31. The molecule has 2 nitrogen and oxygen atoms in total. The molecule has 0 rings (SSSR count). The highest BCUT2D eigenvalue weighted by molar-refractivity contribution is 5.74. The van der Waals surface area contributed by atoms with Crippen LogP contribution in [0.25, 0.3) is 0 Å². The predicted molar refractivity (Wildman–Crippen MR) is 124 cm³/mol. The van der Waals surface area contributed by atoms with Crippen molar-refractivity contribution in [3.63, 3.8) is 0 Å². The van der Waals surface area contributed by atoms with Crippen LogP contribution in [0.5, 0.6) is 0 Å². The quantitative estimate of drug-likeness (QED) is 0.185. The van der Waals surface area contributed by atoms with Gasteiger partial charge in [0.1, 0.15) is 0 Å². The van der Waals surface area contributed by atoms with Crippen LogP contribution in [0.4, 0.5) is 0 Å². The zero-order valence-corrected chi connectivity index (χ0v) is 19.7. The molecule has 0 fully saturated rings. The highest BCUT2D eigenvalue weighted by atomic mass is 16.4. The maximum Gasteiger partial charge on any atom is 0.309 e. The fraction of sp³-hybridized carbons (Fsp3) is 0.962. The molecular weight excluding hydrogens is 344 g/mol. The SMILES string of the molecule is CCCCCCCCC(CCCCCCCC)(CCCCCCCC)C(=O)O. The van der Waals surface area contributed by atoms with E-state index in [1.165, 1.54) is 96.3 Å². The van der Waals surface area contributed by atoms with E-state index in [4.69, 9.17) is 0 Å². The smallest absolute Gasteiger partial charge is 0.309 e. The van der Waals surface area contributed by atoms with Crippen LogP contribution in [0.15, 0.2) is 0 Å². The Morgan fingerprint density at radius 2 is 0.750 bits per heavy atom. The van der Waals surface area contributed by atoms with Gasteiger partial charge in [-0.2, -0.15) is 0 Å². The zero-order chi connectivity index (χ0) is 20.9. The largest absolute Gasteiger partial charge is 0.481 e. The molecule has 1 N–H and O–H groups in total. The van der Waals surface area contributed by atoms with E-state index in [0.717, 1.165) is 38.5 Å². The molecule has 0 aliphatic rings. The van der Waals surface area contributed by atoms with Gasteiger partial charge in [-0.25, -0.2) is 0 Å². The van der Waals surface area contributed by atoms with Crippen molar-refractivity contribution < 1.29 is 9.90 Å². The van der Waals surface area contributed by atoms with Gasteiger partial charge in [0.25, 0.3) is 0 Å². The third kappa shape index (κ3) is 14.5. The molecule has 2 heteroatoms. The van der Waals surface area contributed by atoms with Gasteiger partial charge in [-0.3, -0.25) is 4.79 Å². The molecule has 0 amide bonds. The monoisotopic (exact) mass is 396 g/mol. The van der Waals surface area contributed by atoms with Crippen LogP contribution < -0.4 is 0 Å². The van der Waals surface area contributed by atoms with Crippen molar-refractivity contribution in [2.24, 2.45) is 5.41 Å². The van der Waals surface area contributed by atoms with E-state index in [9.17, 15) is 9.90 Å². The van der Waals surface area contributed by atoms with Crippen molar-refractivity contribution in [1.29, 1.82) is 0 Å². The molecule has 0 aromatic heterocycles. The van der Waals surface area contributed by atoms with Crippen molar-refractivity contribution >= 4 is 5.97 Å². The van der Waals surface area contributed by atoms with Gasteiger partial charge in [0.15, 0.2) is 0 Å². The van der Waals surface area contributed by atoms with Crippen LogP contribution in [0.3, 0.4) is 0 Å². The molecule has 0 bridgehead atoms. The summed E-state index contributed by atoms with van der Waals surface area (Å²) in [6.45, 7) is 6.74. The highest BCUT2D eigenvalue weighted by Crippen LogP contribution is 2.38. The van der Waals surface area contributed by atoms with Crippen molar-refractivity contribution in [2.45, 2.75) is 156 Å². The number of hydrogen-bond acceptors (Lipinski definition) is 1. The minimum absolute atomic E-state index is 0.444. The summed E-state index contributed by atoms with van der Waals surface area (Å²) in [7, 11) is 0. The summed E-state index contributed by atoms with van der Waals surface area (Å²) in [5, 5.41) is 10.1. The van der Waals surface area contributed by atoms with Crippen LogP contribution in [0, 0.1) is 5.41 Å². The van der Waals surface area contributed by atoms with Crippen molar-refractivity contribution in [1.82, 2.24) is 0 Å². The Balaban J connectivity index is 4.47. The van der Waals surface area contributed by atoms with E-state index in [2.05, 4.69) is 20.8 Å².